The fourth-order valence-electron chi connectivity index (χ4n) is 2.43. The van der Waals surface area contributed by atoms with Crippen LogP contribution in [0, 0.1) is 5.82 Å². The van der Waals surface area contributed by atoms with E-state index in [2.05, 4.69) is 20.6 Å². The third-order valence-electron chi connectivity index (χ3n) is 3.37. The molecule has 0 bridgehead atoms. The third-order valence-corrected chi connectivity index (χ3v) is 3.37. The van der Waals surface area contributed by atoms with Gasteiger partial charge in [0.05, 0.1) is 17.4 Å². The number of piperidine rings is 1. The van der Waals surface area contributed by atoms with Crippen molar-refractivity contribution < 1.29 is 9.18 Å². The Bertz CT molecular complexity index is 604. The molecule has 1 aliphatic heterocycles. The van der Waals surface area contributed by atoms with E-state index >= 15 is 0 Å². The lowest BCUT2D eigenvalue weighted by atomic mass is 10.1. The number of hydrogen-bond donors (Lipinski definition) is 3. The van der Waals surface area contributed by atoms with Crippen LogP contribution in [0.5, 0.6) is 0 Å². The minimum atomic E-state index is -0.441. The van der Waals surface area contributed by atoms with Gasteiger partial charge in [0, 0.05) is 12.6 Å². The van der Waals surface area contributed by atoms with Gasteiger partial charge in [-0.3, -0.25) is 4.79 Å². The van der Waals surface area contributed by atoms with Gasteiger partial charge >= 0.3 is 0 Å². The van der Waals surface area contributed by atoms with E-state index in [1.807, 2.05) is 0 Å². The Morgan fingerprint density at radius 2 is 2.37 bits per heavy atom. The van der Waals surface area contributed by atoms with Crippen LogP contribution in [0.2, 0.25) is 0 Å². The predicted molar refractivity (Wildman–Crippen MR) is 69.4 cm³/mol. The molecule has 100 valence electrons. The highest BCUT2D eigenvalue weighted by Gasteiger charge is 2.19. The molecule has 1 aromatic heterocycles. The van der Waals surface area contributed by atoms with Gasteiger partial charge in [-0.15, -0.1) is 0 Å². The molecule has 19 heavy (non-hydrogen) atoms. The maximum atomic E-state index is 13.5. The van der Waals surface area contributed by atoms with Gasteiger partial charge in [-0.2, -0.15) is 0 Å². The number of imidazole rings is 1. The third kappa shape index (κ3) is 2.44. The van der Waals surface area contributed by atoms with Crippen LogP contribution in [0.25, 0.3) is 11.0 Å². The minimum absolute atomic E-state index is 0.0958. The first-order valence-corrected chi connectivity index (χ1v) is 6.38. The van der Waals surface area contributed by atoms with Crippen molar-refractivity contribution in [3.05, 3.63) is 29.8 Å². The van der Waals surface area contributed by atoms with Crippen molar-refractivity contribution in [2.45, 2.75) is 18.9 Å². The molecule has 1 saturated heterocycles. The fraction of sp³-hybridized carbons (Fsp3) is 0.385. The molecule has 3 rings (SSSR count). The summed E-state index contributed by atoms with van der Waals surface area (Å²) in [5.74, 6) is -0.714. The van der Waals surface area contributed by atoms with Crippen molar-refractivity contribution >= 4 is 16.9 Å². The molecule has 0 saturated carbocycles. The molecule has 1 aromatic carbocycles. The Morgan fingerprint density at radius 1 is 1.47 bits per heavy atom. The van der Waals surface area contributed by atoms with E-state index in [9.17, 15) is 9.18 Å². The molecule has 1 aliphatic rings. The average Bonchev–Trinajstić information content (AvgIpc) is 2.86. The lowest BCUT2D eigenvalue weighted by molar-refractivity contribution is 0.0932. The van der Waals surface area contributed by atoms with Gasteiger partial charge in [-0.05, 0) is 31.5 Å². The molecular formula is C13H15FN4O. The molecule has 1 unspecified atom stereocenters. The minimum Gasteiger partial charge on any atom is -0.348 e. The average molecular weight is 262 g/mol. The summed E-state index contributed by atoms with van der Waals surface area (Å²) >= 11 is 0. The van der Waals surface area contributed by atoms with Crippen molar-refractivity contribution in [2.75, 3.05) is 13.1 Å². The van der Waals surface area contributed by atoms with E-state index in [1.54, 1.807) is 0 Å². The Labute approximate surface area is 109 Å². The first-order chi connectivity index (χ1) is 9.24. The summed E-state index contributed by atoms with van der Waals surface area (Å²) in [6, 6.07) is 2.66. The van der Waals surface area contributed by atoms with Crippen molar-refractivity contribution in [1.29, 1.82) is 0 Å². The first-order valence-electron chi connectivity index (χ1n) is 6.38. The summed E-state index contributed by atoms with van der Waals surface area (Å²) in [7, 11) is 0. The number of carbonyl (C=O) groups excluding carboxylic acids is 1. The van der Waals surface area contributed by atoms with Crippen LogP contribution < -0.4 is 10.6 Å². The van der Waals surface area contributed by atoms with Crippen molar-refractivity contribution in [3.8, 4) is 0 Å². The van der Waals surface area contributed by atoms with Gasteiger partial charge in [0.2, 0.25) is 0 Å². The molecule has 1 atom stereocenters. The SMILES string of the molecule is O=C(NC1CCCNC1)c1cc(F)cc2[nH]cnc12. The highest BCUT2D eigenvalue weighted by Crippen LogP contribution is 2.17. The summed E-state index contributed by atoms with van der Waals surface area (Å²) in [6.07, 6.45) is 3.44. The summed E-state index contributed by atoms with van der Waals surface area (Å²) in [6.45, 7) is 1.74. The zero-order valence-electron chi connectivity index (χ0n) is 10.4. The van der Waals surface area contributed by atoms with Crippen LogP contribution in [0.1, 0.15) is 23.2 Å². The Morgan fingerprint density at radius 3 is 3.16 bits per heavy atom. The topological polar surface area (TPSA) is 69.8 Å². The molecule has 2 aromatic rings. The van der Waals surface area contributed by atoms with E-state index in [1.165, 1.54) is 18.5 Å². The van der Waals surface area contributed by atoms with E-state index in [-0.39, 0.29) is 17.5 Å². The first kappa shape index (κ1) is 12.1. The number of nitrogens with one attached hydrogen (secondary N) is 3. The number of rotatable bonds is 2. The summed E-state index contributed by atoms with van der Waals surface area (Å²) in [5, 5.41) is 6.15. The number of aromatic nitrogens is 2. The molecule has 1 amide bonds. The molecule has 0 aliphatic carbocycles. The van der Waals surface area contributed by atoms with E-state index in [0.29, 0.717) is 11.0 Å². The van der Waals surface area contributed by atoms with Crippen LogP contribution in [0.15, 0.2) is 18.5 Å². The lowest BCUT2D eigenvalue weighted by Crippen LogP contribution is -2.45. The van der Waals surface area contributed by atoms with E-state index < -0.39 is 5.82 Å². The largest absolute Gasteiger partial charge is 0.348 e. The molecule has 5 nitrogen and oxygen atoms in total. The smallest absolute Gasteiger partial charge is 0.253 e. The van der Waals surface area contributed by atoms with Crippen LogP contribution in [0.3, 0.4) is 0 Å². The van der Waals surface area contributed by atoms with E-state index in [4.69, 9.17) is 0 Å². The number of halogens is 1. The molecule has 3 N–H and O–H groups in total. The highest BCUT2D eigenvalue weighted by molar-refractivity contribution is 6.04. The fourth-order valence-corrected chi connectivity index (χ4v) is 2.43. The number of aromatic amines is 1. The van der Waals surface area contributed by atoms with Gasteiger partial charge in [-0.1, -0.05) is 0 Å². The quantitative estimate of drug-likeness (QED) is 0.761. The molecule has 1 fully saturated rings. The van der Waals surface area contributed by atoms with Gasteiger partial charge in [0.1, 0.15) is 11.3 Å². The normalized spacial score (nSPS) is 19.5. The van der Waals surface area contributed by atoms with Crippen LogP contribution in [-0.2, 0) is 0 Å². The monoisotopic (exact) mass is 262 g/mol. The second-order valence-corrected chi connectivity index (χ2v) is 4.77. The maximum absolute atomic E-state index is 13.5. The second kappa shape index (κ2) is 4.97. The number of amides is 1. The predicted octanol–water partition coefficient (Wildman–Crippen LogP) is 1.18. The number of H-pyrrole nitrogens is 1. The number of carbonyl (C=O) groups is 1. The molecule has 0 radical (unpaired) electrons. The zero-order chi connectivity index (χ0) is 13.2. The Hall–Kier alpha value is -1.95. The maximum Gasteiger partial charge on any atom is 0.253 e. The highest BCUT2D eigenvalue weighted by atomic mass is 19.1. The zero-order valence-corrected chi connectivity index (χ0v) is 10.4. The molecular weight excluding hydrogens is 247 g/mol. The van der Waals surface area contributed by atoms with Crippen molar-refractivity contribution in [3.63, 3.8) is 0 Å². The lowest BCUT2D eigenvalue weighted by Gasteiger charge is -2.23. The van der Waals surface area contributed by atoms with E-state index in [0.717, 1.165) is 25.9 Å². The second-order valence-electron chi connectivity index (χ2n) is 4.77. The Kier molecular flexibility index (Phi) is 3.16. The summed E-state index contributed by atoms with van der Waals surface area (Å²) in [5.41, 5.74) is 1.32. The molecule has 2 heterocycles. The van der Waals surface area contributed by atoms with Gasteiger partial charge < -0.3 is 15.6 Å². The molecule has 0 spiro atoms. The van der Waals surface area contributed by atoms with Crippen LogP contribution >= 0.6 is 0 Å². The Balaban J connectivity index is 1.86. The number of hydrogen-bond acceptors (Lipinski definition) is 3. The van der Waals surface area contributed by atoms with Crippen LogP contribution in [-0.4, -0.2) is 35.0 Å². The van der Waals surface area contributed by atoms with Gasteiger partial charge in [0.25, 0.3) is 5.91 Å². The summed E-state index contributed by atoms with van der Waals surface area (Å²) in [4.78, 5) is 19.1. The molecule has 6 heteroatoms. The standard InChI is InChI=1S/C13H15FN4O/c14-8-4-10(12-11(5-8)16-7-17-12)13(19)18-9-2-1-3-15-6-9/h4-5,7,9,15H,1-3,6H2,(H,16,17)(H,18,19). The van der Waals surface area contributed by atoms with Crippen molar-refractivity contribution in [2.24, 2.45) is 0 Å². The summed E-state index contributed by atoms with van der Waals surface area (Å²) < 4.78 is 13.5. The van der Waals surface area contributed by atoms with Gasteiger partial charge in [-0.25, -0.2) is 9.37 Å². The van der Waals surface area contributed by atoms with Crippen LogP contribution in [0.4, 0.5) is 4.39 Å². The number of nitrogens with zero attached hydrogens (tertiary/aromatic N) is 1. The van der Waals surface area contributed by atoms with Gasteiger partial charge in [0.15, 0.2) is 0 Å². The number of fused-ring (bicyclic) bond motifs is 1. The number of benzene rings is 1. The van der Waals surface area contributed by atoms with Crippen molar-refractivity contribution in [1.82, 2.24) is 20.6 Å².